The monoisotopic (exact) mass is 362 g/mol. The number of benzene rings is 2. The number of anilines is 1. The van der Waals surface area contributed by atoms with Crippen LogP contribution in [0.2, 0.25) is 0 Å². The summed E-state index contributed by atoms with van der Waals surface area (Å²) in [7, 11) is 0.566. The first-order valence-corrected chi connectivity index (χ1v) is 9.49. The molecule has 134 valence electrons. The molecule has 3 N–H and O–H groups in total. The molecule has 1 amide bonds. The molecule has 0 heterocycles. The van der Waals surface area contributed by atoms with E-state index >= 15 is 0 Å². The van der Waals surface area contributed by atoms with Crippen LogP contribution in [0.25, 0.3) is 0 Å². The fourth-order valence-corrected chi connectivity index (χ4v) is 3.38. The Hall–Kier alpha value is -2.22. The maximum atomic E-state index is 12.3. The third-order valence-electron chi connectivity index (χ3n) is 3.53. The normalized spacial score (nSPS) is 11.5. The molecule has 0 radical (unpaired) electrons. The number of hydrogen-bond acceptors (Lipinski definition) is 3. The van der Waals surface area contributed by atoms with E-state index in [9.17, 15) is 13.2 Å². The van der Waals surface area contributed by atoms with Gasteiger partial charge < -0.3 is 10.2 Å². The van der Waals surface area contributed by atoms with E-state index in [0.717, 1.165) is 12.1 Å². The number of carbonyl (C=O) groups is 1. The van der Waals surface area contributed by atoms with Crippen LogP contribution in [0.15, 0.2) is 53.4 Å². The van der Waals surface area contributed by atoms with Gasteiger partial charge in [-0.1, -0.05) is 24.3 Å². The summed E-state index contributed by atoms with van der Waals surface area (Å²) in [5, 5.41) is 2.60. The van der Waals surface area contributed by atoms with Crippen LogP contribution in [0.1, 0.15) is 18.1 Å². The van der Waals surface area contributed by atoms with Gasteiger partial charge in [0.05, 0.1) is 19.0 Å². The summed E-state index contributed by atoms with van der Waals surface area (Å²) in [6.07, 6.45) is 0. The number of nitrogens with one attached hydrogen (secondary N) is 3. The van der Waals surface area contributed by atoms with Crippen LogP contribution in [0.4, 0.5) is 5.69 Å². The van der Waals surface area contributed by atoms with Gasteiger partial charge in [-0.25, -0.2) is 13.1 Å². The van der Waals surface area contributed by atoms with Crippen LogP contribution in [0, 0.1) is 0 Å². The van der Waals surface area contributed by atoms with Gasteiger partial charge in [0, 0.05) is 24.7 Å². The van der Waals surface area contributed by atoms with E-state index < -0.39 is 10.0 Å². The first-order chi connectivity index (χ1) is 11.8. The quantitative estimate of drug-likeness (QED) is 0.681. The molecule has 2 aromatic carbocycles. The Morgan fingerprint density at radius 3 is 2.04 bits per heavy atom. The Bertz CT molecular complexity index is 814. The molecule has 0 atom stereocenters. The summed E-state index contributed by atoms with van der Waals surface area (Å²) in [5.41, 5.74) is 2.67. The average Bonchev–Trinajstić information content (AvgIpc) is 2.54. The van der Waals surface area contributed by atoms with E-state index in [-0.39, 0.29) is 17.3 Å². The number of amides is 1. The fraction of sp³-hybridized carbons (Fsp3) is 0.278. The molecular formula is C18H24N3O3S+. The Morgan fingerprint density at radius 2 is 1.52 bits per heavy atom. The van der Waals surface area contributed by atoms with Gasteiger partial charge in [0.15, 0.2) is 0 Å². The topological polar surface area (TPSA) is 79.7 Å². The smallest absolute Gasteiger partial charge is 0.240 e. The minimum atomic E-state index is -3.60. The lowest BCUT2D eigenvalue weighted by Gasteiger charge is -2.10. The highest BCUT2D eigenvalue weighted by atomic mass is 32.2. The summed E-state index contributed by atoms with van der Waals surface area (Å²) in [5.74, 6) is -0.201. The third kappa shape index (κ3) is 5.97. The molecule has 0 aliphatic heterocycles. The highest BCUT2D eigenvalue weighted by Gasteiger charge is 2.13. The van der Waals surface area contributed by atoms with Gasteiger partial charge >= 0.3 is 0 Å². The Labute approximate surface area is 148 Å². The second-order valence-corrected chi connectivity index (χ2v) is 8.00. The first-order valence-electron chi connectivity index (χ1n) is 8.00. The summed E-state index contributed by atoms with van der Waals surface area (Å²) in [4.78, 5) is 12.5. The van der Waals surface area contributed by atoms with Crippen molar-refractivity contribution in [1.82, 2.24) is 4.72 Å². The molecule has 0 aliphatic carbocycles. The lowest BCUT2D eigenvalue weighted by atomic mass is 10.1. The van der Waals surface area contributed by atoms with Gasteiger partial charge in [-0.3, -0.25) is 4.79 Å². The van der Waals surface area contributed by atoms with E-state index in [2.05, 4.69) is 24.1 Å². The predicted molar refractivity (Wildman–Crippen MR) is 97.7 cm³/mol. The Balaban J connectivity index is 2.00. The molecule has 7 heteroatoms. The number of carbonyl (C=O) groups excluding carboxylic acids is 1. The molecule has 2 aromatic rings. The highest BCUT2D eigenvalue weighted by Crippen LogP contribution is 2.14. The van der Waals surface area contributed by atoms with E-state index in [1.807, 2.05) is 24.3 Å². The molecular weight excluding hydrogens is 338 g/mol. The van der Waals surface area contributed by atoms with Crippen molar-refractivity contribution >= 4 is 21.6 Å². The largest absolute Gasteiger partial charge is 0.336 e. The molecule has 0 saturated heterocycles. The van der Waals surface area contributed by atoms with Crippen LogP contribution >= 0.6 is 0 Å². The summed E-state index contributed by atoms with van der Waals surface area (Å²) in [6, 6.07) is 14.0. The van der Waals surface area contributed by atoms with Crippen molar-refractivity contribution in [3.8, 4) is 0 Å². The van der Waals surface area contributed by atoms with Gasteiger partial charge in [-0.05, 0) is 29.8 Å². The van der Waals surface area contributed by atoms with E-state index in [0.29, 0.717) is 5.69 Å². The molecule has 2 rings (SSSR count). The zero-order valence-corrected chi connectivity index (χ0v) is 15.5. The number of rotatable bonds is 7. The molecule has 0 aliphatic rings. The van der Waals surface area contributed by atoms with Crippen molar-refractivity contribution in [3.05, 3.63) is 59.7 Å². The predicted octanol–water partition coefficient (Wildman–Crippen LogP) is 0.768. The second-order valence-electron chi connectivity index (χ2n) is 6.23. The Kier molecular flexibility index (Phi) is 6.30. The van der Waals surface area contributed by atoms with Crippen LogP contribution in [-0.4, -0.2) is 28.4 Å². The summed E-state index contributed by atoms with van der Waals surface area (Å²) < 4.78 is 27.3. The first kappa shape index (κ1) is 19.1. The zero-order chi connectivity index (χ0) is 18.4. The van der Waals surface area contributed by atoms with Crippen LogP contribution in [0.3, 0.4) is 0 Å². The number of hydrogen-bond donors (Lipinski definition) is 3. The van der Waals surface area contributed by atoms with Gasteiger partial charge in [0.25, 0.3) is 0 Å². The van der Waals surface area contributed by atoms with Crippen molar-refractivity contribution in [3.63, 3.8) is 0 Å². The molecule has 0 fully saturated rings. The minimum Gasteiger partial charge on any atom is -0.336 e. The van der Waals surface area contributed by atoms with Gasteiger partial charge in [-0.2, -0.15) is 0 Å². The molecule has 25 heavy (non-hydrogen) atoms. The third-order valence-corrected chi connectivity index (χ3v) is 4.95. The Morgan fingerprint density at radius 1 is 0.960 bits per heavy atom. The van der Waals surface area contributed by atoms with Crippen LogP contribution in [0.5, 0.6) is 0 Å². The van der Waals surface area contributed by atoms with Crippen molar-refractivity contribution in [2.24, 2.45) is 0 Å². The number of quaternary nitrogens is 1. The lowest BCUT2D eigenvalue weighted by molar-refractivity contribution is -0.872. The fourth-order valence-electron chi connectivity index (χ4n) is 2.37. The van der Waals surface area contributed by atoms with Crippen molar-refractivity contribution < 1.29 is 18.1 Å². The zero-order valence-electron chi connectivity index (χ0n) is 14.7. The summed E-state index contributed by atoms with van der Waals surface area (Å²) in [6.45, 7) is 2.55. The second kappa shape index (κ2) is 8.24. The van der Waals surface area contributed by atoms with E-state index in [4.69, 9.17) is 0 Å². The van der Waals surface area contributed by atoms with Crippen molar-refractivity contribution in [2.45, 2.75) is 24.9 Å². The average molecular weight is 362 g/mol. The number of sulfonamides is 1. The van der Waals surface area contributed by atoms with Gasteiger partial charge in [0.1, 0.15) is 6.54 Å². The lowest BCUT2D eigenvalue weighted by Crippen LogP contribution is -3.04. The van der Waals surface area contributed by atoms with Gasteiger partial charge in [0.2, 0.25) is 15.9 Å². The maximum Gasteiger partial charge on any atom is 0.240 e. The molecule has 0 saturated carbocycles. The van der Waals surface area contributed by atoms with Crippen molar-refractivity contribution in [1.29, 1.82) is 0 Å². The maximum absolute atomic E-state index is 12.3. The highest BCUT2D eigenvalue weighted by molar-refractivity contribution is 7.89. The van der Waals surface area contributed by atoms with Crippen LogP contribution < -0.4 is 14.9 Å². The molecule has 0 spiro atoms. The minimum absolute atomic E-state index is 0.162. The SMILES string of the molecule is CC(=O)Nc1ccc(S(=O)(=O)NCc2ccc(C[NH+](C)C)cc2)cc1. The molecule has 6 nitrogen and oxygen atoms in total. The van der Waals surface area contributed by atoms with E-state index in [1.54, 1.807) is 12.1 Å². The van der Waals surface area contributed by atoms with Crippen LogP contribution in [-0.2, 0) is 27.9 Å². The van der Waals surface area contributed by atoms with E-state index in [1.165, 1.54) is 29.5 Å². The molecule has 0 unspecified atom stereocenters. The molecule has 0 bridgehead atoms. The summed E-state index contributed by atoms with van der Waals surface area (Å²) >= 11 is 0. The van der Waals surface area contributed by atoms with Gasteiger partial charge in [-0.15, -0.1) is 0 Å². The van der Waals surface area contributed by atoms with Crippen molar-refractivity contribution in [2.75, 3.05) is 19.4 Å². The molecule has 0 aromatic heterocycles. The standard InChI is InChI=1S/C18H23N3O3S/c1-14(22)20-17-8-10-18(11-9-17)25(23,24)19-12-15-4-6-16(7-5-15)13-21(2)3/h4-11,19H,12-13H2,1-3H3,(H,20,22)/p+1.